The number of hydrogen-bond donors (Lipinski definition) is 0. The number of methoxy groups -OCH3 is 1. The molecule has 5 heteroatoms. The van der Waals surface area contributed by atoms with Crippen molar-refractivity contribution in [2.75, 3.05) is 13.7 Å². The van der Waals surface area contributed by atoms with E-state index in [2.05, 4.69) is 17.1 Å². The molecule has 0 bridgehead atoms. The summed E-state index contributed by atoms with van der Waals surface area (Å²) in [6, 6.07) is 15.4. The van der Waals surface area contributed by atoms with Gasteiger partial charge < -0.3 is 13.9 Å². The van der Waals surface area contributed by atoms with Crippen molar-refractivity contribution in [1.82, 2.24) is 10.2 Å². The lowest BCUT2D eigenvalue weighted by Crippen LogP contribution is -1.97. The van der Waals surface area contributed by atoms with Crippen LogP contribution in [-0.4, -0.2) is 23.9 Å². The Kier molecular flexibility index (Phi) is 7.47. The third-order valence-corrected chi connectivity index (χ3v) is 4.63. The van der Waals surface area contributed by atoms with Crippen LogP contribution < -0.4 is 9.47 Å². The van der Waals surface area contributed by atoms with Gasteiger partial charge >= 0.3 is 0 Å². The standard InChI is InChI=1S/C23H28N2O3/c1-3-4-5-6-7-10-17-27-19-15-13-18(14-16-19)22-24-25-23(28-22)20-11-8-9-12-21(20)26-2/h8-9,11-16H,3-7,10,17H2,1-2H3. The second-order valence-corrected chi connectivity index (χ2v) is 6.75. The van der Waals surface area contributed by atoms with E-state index in [0.717, 1.165) is 29.9 Å². The van der Waals surface area contributed by atoms with E-state index in [-0.39, 0.29) is 0 Å². The van der Waals surface area contributed by atoms with Crippen LogP contribution in [0, 0.1) is 0 Å². The summed E-state index contributed by atoms with van der Waals surface area (Å²) in [7, 11) is 1.63. The number of aromatic nitrogens is 2. The Morgan fingerprint density at radius 3 is 2.32 bits per heavy atom. The zero-order valence-corrected chi connectivity index (χ0v) is 16.7. The molecule has 0 amide bonds. The maximum Gasteiger partial charge on any atom is 0.251 e. The molecule has 0 saturated carbocycles. The summed E-state index contributed by atoms with van der Waals surface area (Å²) in [5.41, 5.74) is 1.64. The van der Waals surface area contributed by atoms with Crippen LogP contribution >= 0.6 is 0 Å². The van der Waals surface area contributed by atoms with Crippen molar-refractivity contribution in [3.05, 3.63) is 48.5 Å². The highest BCUT2D eigenvalue weighted by atomic mass is 16.5. The van der Waals surface area contributed by atoms with E-state index in [0.29, 0.717) is 17.5 Å². The van der Waals surface area contributed by atoms with Crippen molar-refractivity contribution in [2.24, 2.45) is 0 Å². The van der Waals surface area contributed by atoms with E-state index in [1.807, 2.05) is 48.5 Å². The summed E-state index contributed by atoms with van der Waals surface area (Å²) in [4.78, 5) is 0. The van der Waals surface area contributed by atoms with E-state index in [1.54, 1.807) is 7.11 Å². The van der Waals surface area contributed by atoms with Crippen LogP contribution in [0.1, 0.15) is 45.4 Å². The molecule has 1 aromatic heterocycles. The third kappa shape index (κ3) is 5.35. The van der Waals surface area contributed by atoms with Gasteiger partial charge in [0.2, 0.25) is 5.89 Å². The summed E-state index contributed by atoms with van der Waals surface area (Å²) in [5, 5.41) is 8.32. The minimum absolute atomic E-state index is 0.441. The molecule has 28 heavy (non-hydrogen) atoms. The molecule has 0 aliphatic carbocycles. The first-order chi connectivity index (χ1) is 13.8. The monoisotopic (exact) mass is 380 g/mol. The van der Waals surface area contributed by atoms with Gasteiger partial charge in [0.25, 0.3) is 5.89 Å². The molecule has 5 nitrogen and oxygen atoms in total. The molecule has 3 aromatic rings. The van der Waals surface area contributed by atoms with Crippen LogP contribution in [0.2, 0.25) is 0 Å². The zero-order chi connectivity index (χ0) is 19.6. The second kappa shape index (κ2) is 10.5. The molecule has 0 unspecified atom stereocenters. The Morgan fingerprint density at radius 2 is 1.54 bits per heavy atom. The lowest BCUT2D eigenvalue weighted by atomic mass is 10.1. The van der Waals surface area contributed by atoms with E-state index in [1.165, 1.54) is 32.1 Å². The van der Waals surface area contributed by atoms with E-state index < -0.39 is 0 Å². The van der Waals surface area contributed by atoms with Crippen molar-refractivity contribution < 1.29 is 13.9 Å². The van der Waals surface area contributed by atoms with Gasteiger partial charge in [0.15, 0.2) is 0 Å². The predicted molar refractivity (Wildman–Crippen MR) is 111 cm³/mol. The molecule has 0 N–H and O–H groups in total. The van der Waals surface area contributed by atoms with Crippen molar-refractivity contribution in [3.8, 4) is 34.4 Å². The fourth-order valence-corrected chi connectivity index (χ4v) is 3.04. The van der Waals surface area contributed by atoms with Crippen LogP contribution in [0.5, 0.6) is 11.5 Å². The van der Waals surface area contributed by atoms with Crippen LogP contribution in [0.15, 0.2) is 52.9 Å². The number of hydrogen-bond acceptors (Lipinski definition) is 5. The Labute approximate surface area is 166 Å². The van der Waals surface area contributed by atoms with E-state index in [9.17, 15) is 0 Å². The van der Waals surface area contributed by atoms with Crippen LogP contribution in [0.4, 0.5) is 0 Å². The molecule has 0 atom stereocenters. The molecule has 0 fully saturated rings. The zero-order valence-electron chi connectivity index (χ0n) is 16.7. The highest BCUT2D eigenvalue weighted by molar-refractivity contribution is 5.64. The Morgan fingerprint density at radius 1 is 0.821 bits per heavy atom. The lowest BCUT2D eigenvalue weighted by molar-refractivity contribution is 0.304. The van der Waals surface area contributed by atoms with E-state index in [4.69, 9.17) is 13.9 Å². The minimum atomic E-state index is 0.441. The molecular weight excluding hydrogens is 352 g/mol. The summed E-state index contributed by atoms with van der Waals surface area (Å²) >= 11 is 0. The number of ether oxygens (including phenoxy) is 2. The smallest absolute Gasteiger partial charge is 0.251 e. The van der Waals surface area contributed by atoms with E-state index >= 15 is 0 Å². The maximum atomic E-state index is 5.84. The molecular formula is C23H28N2O3. The topological polar surface area (TPSA) is 57.4 Å². The molecule has 2 aromatic carbocycles. The fraction of sp³-hybridized carbons (Fsp3) is 0.391. The highest BCUT2D eigenvalue weighted by Crippen LogP contribution is 2.31. The number of unbranched alkanes of at least 4 members (excludes halogenated alkanes) is 5. The van der Waals surface area contributed by atoms with Gasteiger partial charge in [-0.25, -0.2) is 0 Å². The Hall–Kier alpha value is -2.82. The number of nitrogens with zero attached hydrogens (tertiary/aromatic N) is 2. The largest absolute Gasteiger partial charge is 0.496 e. The van der Waals surface area contributed by atoms with Crippen LogP contribution in [0.3, 0.4) is 0 Å². The number of rotatable bonds is 11. The summed E-state index contributed by atoms with van der Waals surface area (Å²) in [6.45, 7) is 2.99. The SMILES string of the molecule is CCCCCCCCOc1ccc(-c2nnc(-c3ccccc3OC)o2)cc1. The Balaban J connectivity index is 1.55. The first-order valence-electron chi connectivity index (χ1n) is 10.0. The van der Waals surface area contributed by atoms with Gasteiger partial charge in [-0.2, -0.15) is 0 Å². The molecule has 0 saturated heterocycles. The predicted octanol–water partition coefficient (Wildman–Crippen LogP) is 6.15. The second-order valence-electron chi connectivity index (χ2n) is 6.75. The average Bonchev–Trinajstić information content (AvgIpc) is 3.23. The number of benzene rings is 2. The van der Waals surface area contributed by atoms with Gasteiger partial charge in [0.05, 0.1) is 19.3 Å². The summed E-state index contributed by atoms with van der Waals surface area (Å²) < 4.78 is 17.0. The van der Waals surface area contributed by atoms with Crippen molar-refractivity contribution in [2.45, 2.75) is 45.4 Å². The normalized spacial score (nSPS) is 10.8. The van der Waals surface area contributed by atoms with Gasteiger partial charge in [0.1, 0.15) is 11.5 Å². The molecule has 0 spiro atoms. The van der Waals surface area contributed by atoms with Gasteiger partial charge in [-0.3, -0.25) is 0 Å². The average molecular weight is 380 g/mol. The molecule has 0 aliphatic rings. The molecule has 148 valence electrons. The molecule has 1 heterocycles. The molecule has 0 radical (unpaired) electrons. The van der Waals surface area contributed by atoms with Gasteiger partial charge in [-0.05, 0) is 42.8 Å². The minimum Gasteiger partial charge on any atom is -0.496 e. The first kappa shape index (κ1) is 19.9. The van der Waals surface area contributed by atoms with Crippen LogP contribution in [0.25, 0.3) is 22.9 Å². The van der Waals surface area contributed by atoms with Crippen molar-refractivity contribution in [3.63, 3.8) is 0 Å². The summed E-state index contributed by atoms with van der Waals surface area (Å²) in [5.74, 6) is 2.48. The van der Waals surface area contributed by atoms with Gasteiger partial charge in [-0.15, -0.1) is 10.2 Å². The van der Waals surface area contributed by atoms with Crippen molar-refractivity contribution in [1.29, 1.82) is 0 Å². The van der Waals surface area contributed by atoms with Crippen LogP contribution in [-0.2, 0) is 0 Å². The Bertz CT molecular complexity index is 843. The highest BCUT2D eigenvalue weighted by Gasteiger charge is 2.14. The van der Waals surface area contributed by atoms with Gasteiger partial charge in [-0.1, -0.05) is 51.2 Å². The quantitative estimate of drug-likeness (QED) is 0.373. The van der Waals surface area contributed by atoms with Gasteiger partial charge in [0, 0.05) is 5.56 Å². The van der Waals surface area contributed by atoms with Crippen molar-refractivity contribution >= 4 is 0 Å². The fourth-order valence-electron chi connectivity index (χ4n) is 3.04. The third-order valence-electron chi connectivity index (χ3n) is 4.63. The lowest BCUT2D eigenvalue weighted by Gasteiger charge is -2.06. The maximum absolute atomic E-state index is 5.84. The molecule has 3 rings (SSSR count). The summed E-state index contributed by atoms with van der Waals surface area (Å²) in [6.07, 6.45) is 7.55. The molecule has 0 aliphatic heterocycles. The number of para-hydroxylation sites is 1. The first-order valence-corrected chi connectivity index (χ1v) is 10.0.